The predicted octanol–water partition coefficient (Wildman–Crippen LogP) is 2.61. The van der Waals surface area contributed by atoms with Crippen molar-refractivity contribution in [1.82, 2.24) is 15.6 Å². The van der Waals surface area contributed by atoms with E-state index in [0.29, 0.717) is 6.54 Å². The number of nitrogens with one attached hydrogen (secondary N) is 2. The zero-order valence-electron chi connectivity index (χ0n) is 11.9. The summed E-state index contributed by atoms with van der Waals surface area (Å²) >= 11 is 0. The largest absolute Gasteiger partial charge is 0.338 e. The average molecular weight is 281 g/mol. The van der Waals surface area contributed by atoms with Crippen molar-refractivity contribution in [3.05, 3.63) is 65.5 Å². The minimum absolute atomic E-state index is 0.0967. The highest BCUT2D eigenvalue weighted by molar-refractivity contribution is 5.74. The zero-order chi connectivity index (χ0) is 14.5. The van der Waals surface area contributed by atoms with Gasteiger partial charge in [0.25, 0.3) is 0 Å². The van der Waals surface area contributed by atoms with Crippen molar-refractivity contribution in [2.75, 3.05) is 6.54 Å². The molecule has 0 spiro atoms. The van der Waals surface area contributed by atoms with Crippen LogP contribution in [-0.4, -0.2) is 17.6 Å². The Morgan fingerprint density at radius 2 is 2.14 bits per heavy atom. The minimum Gasteiger partial charge on any atom is -0.338 e. The van der Waals surface area contributed by atoms with E-state index < -0.39 is 0 Å². The van der Waals surface area contributed by atoms with Crippen molar-refractivity contribution >= 4 is 6.03 Å². The molecule has 1 aliphatic carbocycles. The molecule has 1 aromatic carbocycles. The molecule has 2 aromatic rings. The van der Waals surface area contributed by atoms with Gasteiger partial charge >= 0.3 is 6.03 Å². The van der Waals surface area contributed by atoms with Gasteiger partial charge in [0, 0.05) is 18.9 Å². The lowest BCUT2D eigenvalue weighted by molar-refractivity contribution is 0.237. The van der Waals surface area contributed by atoms with Crippen LogP contribution in [0.15, 0.2) is 48.8 Å². The molecule has 3 rings (SSSR count). The van der Waals surface area contributed by atoms with Crippen molar-refractivity contribution in [2.45, 2.75) is 25.3 Å². The first-order valence-electron chi connectivity index (χ1n) is 7.34. The van der Waals surface area contributed by atoms with Crippen molar-refractivity contribution in [1.29, 1.82) is 0 Å². The number of aryl methyl sites for hydroxylation is 1. The van der Waals surface area contributed by atoms with Crippen LogP contribution >= 0.6 is 0 Å². The van der Waals surface area contributed by atoms with Crippen molar-refractivity contribution in [3.8, 4) is 0 Å². The Labute approximate surface area is 124 Å². The molecule has 108 valence electrons. The lowest BCUT2D eigenvalue weighted by Gasteiger charge is -2.14. The molecule has 0 aliphatic heterocycles. The maximum absolute atomic E-state index is 12.0. The Balaban J connectivity index is 1.47. The summed E-state index contributed by atoms with van der Waals surface area (Å²) in [5.74, 6) is 0. The van der Waals surface area contributed by atoms with Crippen LogP contribution in [0.1, 0.15) is 29.2 Å². The number of hydrogen-bond donors (Lipinski definition) is 2. The number of hydrogen-bond acceptors (Lipinski definition) is 2. The third-order valence-electron chi connectivity index (χ3n) is 3.86. The second kappa shape index (κ2) is 6.39. The molecule has 2 N–H and O–H groups in total. The number of aromatic nitrogens is 1. The lowest BCUT2D eigenvalue weighted by atomic mass is 10.1. The standard InChI is InChI=1S/C17H19N3O/c21-17(19-11-9-13-4-3-10-18-12-13)20-16-8-7-14-5-1-2-6-15(14)16/h1-6,10,12,16H,7-9,11H2,(H2,19,20,21). The minimum atomic E-state index is -0.0967. The summed E-state index contributed by atoms with van der Waals surface area (Å²) in [5.41, 5.74) is 3.72. The molecule has 4 heteroatoms. The average Bonchev–Trinajstić information content (AvgIpc) is 2.92. The fraction of sp³-hybridized carbons (Fsp3) is 0.294. The van der Waals surface area contributed by atoms with Gasteiger partial charge in [-0.15, -0.1) is 0 Å². The molecule has 1 unspecified atom stereocenters. The fourth-order valence-electron chi connectivity index (χ4n) is 2.78. The van der Waals surface area contributed by atoms with Crippen LogP contribution in [0.4, 0.5) is 4.79 Å². The van der Waals surface area contributed by atoms with Crippen molar-refractivity contribution in [2.24, 2.45) is 0 Å². The molecule has 0 radical (unpaired) electrons. The van der Waals surface area contributed by atoms with Gasteiger partial charge in [-0.3, -0.25) is 4.98 Å². The molecule has 0 fully saturated rings. The van der Waals surface area contributed by atoms with E-state index in [4.69, 9.17) is 0 Å². The number of benzene rings is 1. The molecule has 1 aliphatic rings. The number of carbonyl (C=O) groups is 1. The van der Waals surface area contributed by atoms with E-state index in [1.165, 1.54) is 11.1 Å². The van der Waals surface area contributed by atoms with Gasteiger partial charge in [0.1, 0.15) is 0 Å². The van der Waals surface area contributed by atoms with Crippen molar-refractivity contribution < 1.29 is 4.79 Å². The quantitative estimate of drug-likeness (QED) is 0.905. The number of nitrogens with zero attached hydrogens (tertiary/aromatic N) is 1. The van der Waals surface area contributed by atoms with Gasteiger partial charge in [0.05, 0.1) is 6.04 Å². The smallest absolute Gasteiger partial charge is 0.315 e. The Morgan fingerprint density at radius 1 is 1.24 bits per heavy atom. The Bertz CT molecular complexity index is 612. The second-order valence-corrected chi connectivity index (χ2v) is 5.30. The molecule has 1 aromatic heterocycles. The highest BCUT2D eigenvalue weighted by Gasteiger charge is 2.22. The first-order chi connectivity index (χ1) is 10.3. The molecular weight excluding hydrogens is 262 g/mol. The highest BCUT2D eigenvalue weighted by atomic mass is 16.2. The van der Waals surface area contributed by atoms with Crippen LogP contribution in [0.3, 0.4) is 0 Å². The summed E-state index contributed by atoms with van der Waals surface area (Å²) < 4.78 is 0. The number of amides is 2. The van der Waals surface area contributed by atoms with E-state index in [2.05, 4.69) is 33.8 Å². The Kier molecular flexibility index (Phi) is 4.15. The van der Waals surface area contributed by atoms with E-state index in [-0.39, 0.29) is 12.1 Å². The van der Waals surface area contributed by atoms with Gasteiger partial charge in [0.2, 0.25) is 0 Å². The SMILES string of the molecule is O=C(NCCc1cccnc1)NC1CCc2ccccc21. The summed E-state index contributed by atoms with van der Waals surface area (Å²) in [6.07, 6.45) is 6.39. The fourth-order valence-corrected chi connectivity index (χ4v) is 2.78. The van der Waals surface area contributed by atoms with Gasteiger partial charge < -0.3 is 10.6 Å². The van der Waals surface area contributed by atoms with Crippen LogP contribution in [-0.2, 0) is 12.8 Å². The van der Waals surface area contributed by atoms with Gasteiger partial charge in [-0.2, -0.15) is 0 Å². The van der Waals surface area contributed by atoms with Crippen LogP contribution in [0.2, 0.25) is 0 Å². The maximum Gasteiger partial charge on any atom is 0.315 e. The molecule has 1 atom stereocenters. The molecule has 0 saturated heterocycles. The van der Waals surface area contributed by atoms with E-state index in [9.17, 15) is 4.79 Å². The van der Waals surface area contributed by atoms with Crippen LogP contribution in [0, 0.1) is 0 Å². The molecular formula is C17H19N3O. The Hall–Kier alpha value is -2.36. The summed E-state index contributed by atoms with van der Waals surface area (Å²) in [7, 11) is 0. The monoisotopic (exact) mass is 281 g/mol. The van der Waals surface area contributed by atoms with E-state index in [0.717, 1.165) is 24.8 Å². The molecule has 4 nitrogen and oxygen atoms in total. The molecule has 2 amide bonds. The molecule has 0 saturated carbocycles. The normalized spacial score (nSPS) is 16.3. The van der Waals surface area contributed by atoms with Gasteiger partial charge in [0.15, 0.2) is 0 Å². The first-order valence-corrected chi connectivity index (χ1v) is 7.34. The molecule has 1 heterocycles. The third kappa shape index (κ3) is 3.40. The number of carbonyl (C=O) groups excluding carboxylic acids is 1. The summed E-state index contributed by atoms with van der Waals surface area (Å²) in [5, 5.41) is 5.97. The van der Waals surface area contributed by atoms with Gasteiger partial charge in [-0.25, -0.2) is 4.79 Å². The van der Waals surface area contributed by atoms with E-state index >= 15 is 0 Å². The van der Waals surface area contributed by atoms with E-state index in [1.54, 1.807) is 6.20 Å². The van der Waals surface area contributed by atoms with Gasteiger partial charge in [-0.1, -0.05) is 30.3 Å². The third-order valence-corrected chi connectivity index (χ3v) is 3.86. The molecule has 21 heavy (non-hydrogen) atoms. The number of urea groups is 1. The van der Waals surface area contributed by atoms with Crippen LogP contribution in [0.25, 0.3) is 0 Å². The van der Waals surface area contributed by atoms with Gasteiger partial charge in [-0.05, 0) is 42.0 Å². The topological polar surface area (TPSA) is 54.0 Å². The summed E-state index contributed by atoms with van der Waals surface area (Å²) in [6, 6.07) is 12.3. The van der Waals surface area contributed by atoms with E-state index in [1.807, 2.05) is 24.4 Å². The number of pyridine rings is 1. The predicted molar refractivity (Wildman–Crippen MR) is 82.0 cm³/mol. The first kappa shape index (κ1) is 13.6. The second-order valence-electron chi connectivity index (χ2n) is 5.30. The van der Waals surface area contributed by atoms with Crippen LogP contribution in [0.5, 0.6) is 0 Å². The van der Waals surface area contributed by atoms with Crippen LogP contribution < -0.4 is 10.6 Å². The molecule has 0 bridgehead atoms. The lowest BCUT2D eigenvalue weighted by Crippen LogP contribution is -2.38. The summed E-state index contributed by atoms with van der Waals surface area (Å²) in [6.45, 7) is 0.617. The zero-order valence-corrected chi connectivity index (χ0v) is 11.9. The number of rotatable bonds is 4. The number of fused-ring (bicyclic) bond motifs is 1. The summed E-state index contributed by atoms with van der Waals surface area (Å²) in [4.78, 5) is 16.0. The Morgan fingerprint density at radius 3 is 3.00 bits per heavy atom. The maximum atomic E-state index is 12.0. The van der Waals surface area contributed by atoms with Crippen molar-refractivity contribution in [3.63, 3.8) is 0 Å². The highest BCUT2D eigenvalue weighted by Crippen LogP contribution is 2.30.